The van der Waals surface area contributed by atoms with Gasteiger partial charge in [-0.15, -0.1) is 0 Å². The third kappa shape index (κ3) is 5.16. The highest BCUT2D eigenvalue weighted by Gasteiger charge is 2.21. The SMILES string of the molecule is NC(=O)c1ccc(NC(=O)n2nc(C(=O)O)c3cc(-c4cncc(CN5CCCCC5)c4)ccc32)cn1. The Morgan fingerprint density at radius 1 is 0.973 bits per heavy atom. The summed E-state index contributed by atoms with van der Waals surface area (Å²) in [5.41, 5.74) is 8.34. The topological polar surface area (TPSA) is 156 Å². The molecule has 1 aliphatic heterocycles. The summed E-state index contributed by atoms with van der Waals surface area (Å²) in [5.74, 6) is -1.94. The van der Waals surface area contributed by atoms with Crippen LogP contribution in [0.15, 0.2) is 55.0 Å². The minimum Gasteiger partial charge on any atom is -0.476 e. The number of amides is 2. The zero-order valence-electron chi connectivity index (χ0n) is 19.9. The fourth-order valence-electron chi connectivity index (χ4n) is 4.51. The molecule has 0 bridgehead atoms. The molecule has 1 aliphatic rings. The molecule has 4 aromatic rings. The van der Waals surface area contributed by atoms with E-state index in [1.165, 1.54) is 37.6 Å². The Balaban J connectivity index is 1.44. The van der Waals surface area contributed by atoms with Crippen LogP contribution in [0.2, 0.25) is 0 Å². The zero-order chi connectivity index (χ0) is 25.9. The van der Waals surface area contributed by atoms with Crippen molar-refractivity contribution in [2.45, 2.75) is 25.8 Å². The molecule has 0 spiro atoms. The Kier molecular flexibility index (Phi) is 6.60. The van der Waals surface area contributed by atoms with Gasteiger partial charge in [0.05, 0.1) is 17.4 Å². The van der Waals surface area contributed by atoms with E-state index >= 15 is 0 Å². The third-order valence-corrected chi connectivity index (χ3v) is 6.33. The Bertz CT molecular complexity index is 1490. The number of nitrogens with zero attached hydrogens (tertiary/aromatic N) is 5. The third-order valence-electron chi connectivity index (χ3n) is 6.33. The van der Waals surface area contributed by atoms with Crippen LogP contribution in [0.1, 0.15) is 45.8 Å². The minimum atomic E-state index is -1.25. The monoisotopic (exact) mass is 499 g/mol. The van der Waals surface area contributed by atoms with Gasteiger partial charge in [-0.25, -0.2) is 14.6 Å². The second-order valence-electron chi connectivity index (χ2n) is 8.94. The molecule has 11 nitrogen and oxygen atoms in total. The highest BCUT2D eigenvalue weighted by atomic mass is 16.4. The number of carbonyl (C=O) groups is 3. The van der Waals surface area contributed by atoms with Gasteiger partial charge in [0, 0.05) is 29.9 Å². The van der Waals surface area contributed by atoms with E-state index in [0.717, 1.165) is 41.0 Å². The van der Waals surface area contributed by atoms with Crippen LogP contribution in [0.3, 0.4) is 0 Å². The first-order valence-corrected chi connectivity index (χ1v) is 11.9. The average Bonchev–Trinajstić information content (AvgIpc) is 3.29. The molecule has 5 rings (SSSR count). The molecule has 0 aliphatic carbocycles. The average molecular weight is 500 g/mol. The van der Waals surface area contributed by atoms with Crippen LogP contribution < -0.4 is 11.1 Å². The summed E-state index contributed by atoms with van der Waals surface area (Å²) in [6.45, 7) is 2.96. The van der Waals surface area contributed by atoms with Gasteiger partial charge in [0.2, 0.25) is 0 Å². The fraction of sp³-hybridized carbons (Fsp3) is 0.231. The highest BCUT2D eigenvalue weighted by Crippen LogP contribution is 2.28. The summed E-state index contributed by atoms with van der Waals surface area (Å²) in [5, 5.41) is 16.7. The van der Waals surface area contributed by atoms with Gasteiger partial charge in [0.1, 0.15) is 5.69 Å². The van der Waals surface area contributed by atoms with E-state index in [4.69, 9.17) is 5.73 Å². The summed E-state index contributed by atoms with van der Waals surface area (Å²) >= 11 is 0. The van der Waals surface area contributed by atoms with Crippen molar-refractivity contribution in [2.75, 3.05) is 18.4 Å². The number of aromatic carboxylic acids is 1. The van der Waals surface area contributed by atoms with Gasteiger partial charge in [-0.3, -0.25) is 14.7 Å². The van der Waals surface area contributed by atoms with Gasteiger partial charge >= 0.3 is 12.0 Å². The van der Waals surface area contributed by atoms with E-state index in [1.807, 2.05) is 12.3 Å². The van der Waals surface area contributed by atoms with Gasteiger partial charge in [0.15, 0.2) is 5.69 Å². The van der Waals surface area contributed by atoms with E-state index < -0.39 is 17.9 Å². The molecular weight excluding hydrogens is 474 g/mol. The van der Waals surface area contributed by atoms with Gasteiger partial charge in [-0.2, -0.15) is 9.78 Å². The van der Waals surface area contributed by atoms with Gasteiger partial charge in [-0.05, 0) is 67.4 Å². The number of rotatable bonds is 6. The predicted octanol–water partition coefficient (Wildman–Crippen LogP) is 3.36. The molecular formula is C26H25N7O4. The lowest BCUT2D eigenvalue weighted by atomic mass is 10.0. The van der Waals surface area contributed by atoms with E-state index in [9.17, 15) is 19.5 Å². The molecule has 0 radical (unpaired) electrons. The number of piperidine rings is 1. The number of pyridine rings is 2. The lowest BCUT2D eigenvalue weighted by Gasteiger charge is -2.26. The van der Waals surface area contributed by atoms with Crippen molar-refractivity contribution in [1.82, 2.24) is 24.6 Å². The number of carboxylic acids is 1. The van der Waals surface area contributed by atoms with Crippen molar-refractivity contribution in [3.05, 3.63) is 71.9 Å². The maximum Gasteiger partial charge on any atom is 0.357 e. The van der Waals surface area contributed by atoms with Crippen molar-refractivity contribution in [2.24, 2.45) is 5.73 Å². The fourth-order valence-corrected chi connectivity index (χ4v) is 4.51. The van der Waals surface area contributed by atoms with Crippen LogP contribution in [0, 0.1) is 0 Å². The number of aromatic nitrogens is 4. The first-order valence-electron chi connectivity index (χ1n) is 11.9. The number of carboxylic acid groups (broad SMARTS) is 1. The predicted molar refractivity (Wildman–Crippen MR) is 136 cm³/mol. The molecule has 188 valence electrons. The number of fused-ring (bicyclic) bond motifs is 1. The lowest BCUT2D eigenvalue weighted by molar-refractivity contribution is 0.0692. The second kappa shape index (κ2) is 10.2. The van der Waals surface area contributed by atoms with E-state index in [2.05, 4.69) is 31.3 Å². The Hall–Kier alpha value is -4.64. The minimum absolute atomic E-state index is 0.0534. The largest absolute Gasteiger partial charge is 0.476 e. The quantitative estimate of drug-likeness (QED) is 0.365. The Labute approximate surface area is 211 Å². The highest BCUT2D eigenvalue weighted by molar-refractivity contribution is 6.06. The van der Waals surface area contributed by atoms with Crippen LogP contribution in [-0.2, 0) is 6.54 Å². The summed E-state index contributed by atoms with van der Waals surface area (Å²) in [7, 11) is 0. The standard InChI is InChI=1S/C26H25N7O4/c27-24(34)21-6-5-19(14-29-21)30-26(37)33-22-7-4-17(11-20(22)23(31-33)25(35)36)18-10-16(12-28-13-18)15-32-8-2-1-3-9-32/h4-7,10-14H,1-3,8-9,15H2,(H2,27,34)(H,30,37)(H,35,36). The van der Waals surface area contributed by atoms with Crippen molar-refractivity contribution in [3.63, 3.8) is 0 Å². The Morgan fingerprint density at radius 3 is 2.49 bits per heavy atom. The molecule has 2 amide bonds. The summed E-state index contributed by atoms with van der Waals surface area (Å²) in [4.78, 5) is 46.8. The molecule has 4 heterocycles. The van der Waals surface area contributed by atoms with Crippen molar-refractivity contribution < 1.29 is 19.5 Å². The summed E-state index contributed by atoms with van der Waals surface area (Å²) < 4.78 is 0.996. The van der Waals surface area contributed by atoms with E-state index in [0.29, 0.717) is 16.6 Å². The maximum absolute atomic E-state index is 12.9. The number of hydrogen-bond acceptors (Lipinski definition) is 7. The number of benzene rings is 1. The molecule has 0 unspecified atom stereocenters. The normalized spacial score (nSPS) is 13.9. The maximum atomic E-state index is 12.9. The number of anilines is 1. The summed E-state index contributed by atoms with van der Waals surface area (Å²) in [6.07, 6.45) is 8.55. The molecule has 1 saturated heterocycles. The molecule has 3 aromatic heterocycles. The number of primary amides is 1. The molecule has 37 heavy (non-hydrogen) atoms. The van der Waals surface area contributed by atoms with Crippen molar-refractivity contribution in [1.29, 1.82) is 0 Å². The lowest BCUT2D eigenvalue weighted by Crippen LogP contribution is -2.29. The number of nitrogens with two attached hydrogens (primary N) is 1. The summed E-state index contributed by atoms with van der Waals surface area (Å²) in [6, 6.07) is 9.41. The molecule has 11 heteroatoms. The molecule has 1 aromatic carbocycles. The van der Waals surface area contributed by atoms with Crippen molar-refractivity contribution >= 4 is 34.5 Å². The number of nitrogens with one attached hydrogen (secondary N) is 1. The van der Waals surface area contributed by atoms with Crippen molar-refractivity contribution in [3.8, 4) is 11.1 Å². The van der Waals surface area contributed by atoms with E-state index in [1.54, 1.807) is 18.3 Å². The molecule has 1 fully saturated rings. The number of likely N-dealkylation sites (tertiary alicyclic amines) is 1. The van der Waals surface area contributed by atoms with Crippen LogP contribution in [0.4, 0.5) is 10.5 Å². The van der Waals surface area contributed by atoms with Crippen LogP contribution in [0.25, 0.3) is 22.0 Å². The second-order valence-corrected chi connectivity index (χ2v) is 8.94. The van der Waals surface area contributed by atoms with Crippen LogP contribution in [0.5, 0.6) is 0 Å². The van der Waals surface area contributed by atoms with Crippen LogP contribution >= 0.6 is 0 Å². The van der Waals surface area contributed by atoms with Gasteiger partial charge in [0.25, 0.3) is 5.91 Å². The zero-order valence-corrected chi connectivity index (χ0v) is 19.9. The van der Waals surface area contributed by atoms with Gasteiger partial charge in [-0.1, -0.05) is 12.5 Å². The number of carbonyl (C=O) groups excluding carboxylic acids is 2. The molecule has 0 atom stereocenters. The smallest absolute Gasteiger partial charge is 0.357 e. The first-order chi connectivity index (χ1) is 17.9. The first kappa shape index (κ1) is 24.1. The molecule has 4 N–H and O–H groups in total. The van der Waals surface area contributed by atoms with E-state index in [-0.39, 0.29) is 11.4 Å². The Morgan fingerprint density at radius 2 is 1.78 bits per heavy atom. The van der Waals surface area contributed by atoms with Crippen LogP contribution in [-0.4, -0.2) is 60.8 Å². The van der Waals surface area contributed by atoms with Gasteiger partial charge < -0.3 is 16.2 Å². The number of hydrogen-bond donors (Lipinski definition) is 3. The molecule has 0 saturated carbocycles.